The van der Waals surface area contributed by atoms with E-state index in [0.717, 1.165) is 18.0 Å². The van der Waals surface area contributed by atoms with Gasteiger partial charge in [-0.3, -0.25) is 4.79 Å². The SMILES string of the molecule is CN(Cc1cccc(F)c1)C(=O)CNCC1CC1. The van der Waals surface area contributed by atoms with Crippen molar-refractivity contribution in [2.75, 3.05) is 20.1 Å². The predicted octanol–water partition coefficient (Wildman–Crippen LogP) is 1.78. The zero-order valence-electron chi connectivity index (χ0n) is 10.7. The molecule has 1 N–H and O–H groups in total. The molecule has 18 heavy (non-hydrogen) atoms. The van der Waals surface area contributed by atoms with Crippen molar-refractivity contribution in [1.29, 1.82) is 0 Å². The number of nitrogens with zero attached hydrogens (tertiary/aromatic N) is 1. The van der Waals surface area contributed by atoms with Crippen LogP contribution in [-0.4, -0.2) is 30.9 Å². The Balaban J connectivity index is 1.75. The van der Waals surface area contributed by atoms with E-state index < -0.39 is 0 Å². The summed E-state index contributed by atoms with van der Waals surface area (Å²) >= 11 is 0. The summed E-state index contributed by atoms with van der Waals surface area (Å²) in [6.07, 6.45) is 2.56. The Morgan fingerprint density at radius 2 is 2.28 bits per heavy atom. The highest BCUT2D eigenvalue weighted by Gasteiger charge is 2.21. The van der Waals surface area contributed by atoms with Crippen LogP contribution in [0.5, 0.6) is 0 Å². The van der Waals surface area contributed by atoms with E-state index in [-0.39, 0.29) is 11.7 Å². The number of rotatable bonds is 6. The van der Waals surface area contributed by atoms with E-state index in [1.807, 2.05) is 6.07 Å². The lowest BCUT2D eigenvalue weighted by molar-refractivity contribution is -0.129. The third-order valence-electron chi connectivity index (χ3n) is 3.14. The zero-order valence-corrected chi connectivity index (χ0v) is 10.7. The van der Waals surface area contributed by atoms with E-state index >= 15 is 0 Å². The number of hydrogen-bond acceptors (Lipinski definition) is 2. The fourth-order valence-electron chi connectivity index (χ4n) is 1.84. The average molecular weight is 250 g/mol. The average Bonchev–Trinajstić information content (AvgIpc) is 3.13. The Bertz CT molecular complexity index is 418. The first-order valence-corrected chi connectivity index (χ1v) is 6.34. The first-order valence-electron chi connectivity index (χ1n) is 6.34. The maximum absolute atomic E-state index is 13.0. The van der Waals surface area contributed by atoms with Gasteiger partial charge in [0.15, 0.2) is 0 Å². The Morgan fingerprint density at radius 1 is 1.50 bits per heavy atom. The Kier molecular flexibility index (Phi) is 4.31. The van der Waals surface area contributed by atoms with E-state index in [2.05, 4.69) is 5.32 Å². The van der Waals surface area contributed by atoms with E-state index in [4.69, 9.17) is 0 Å². The topological polar surface area (TPSA) is 32.3 Å². The number of halogens is 1. The second kappa shape index (κ2) is 5.96. The van der Waals surface area contributed by atoms with Gasteiger partial charge in [0.1, 0.15) is 5.82 Å². The van der Waals surface area contributed by atoms with Crippen LogP contribution < -0.4 is 5.32 Å². The smallest absolute Gasteiger partial charge is 0.236 e. The van der Waals surface area contributed by atoms with Crippen LogP contribution in [0.3, 0.4) is 0 Å². The predicted molar refractivity (Wildman–Crippen MR) is 68.5 cm³/mol. The van der Waals surface area contributed by atoms with Gasteiger partial charge < -0.3 is 10.2 Å². The lowest BCUT2D eigenvalue weighted by atomic mass is 10.2. The Labute approximate surface area is 107 Å². The molecule has 0 unspecified atom stereocenters. The van der Waals surface area contributed by atoms with Crippen LogP contribution in [0.1, 0.15) is 18.4 Å². The summed E-state index contributed by atoms with van der Waals surface area (Å²) in [6, 6.07) is 6.35. The molecule has 3 nitrogen and oxygen atoms in total. The third kappa shape index (κ3) is 4.11. The molecule has 1 amide bonds. The summed E-state index contributed by atoms with van der Waals surface area (Å²) in [5.74, 6) is 0.548. The lowest BCUT2D eigenvalue weighted by Gasteiger charge is -2.17. The first kappa shape index (κ1) is 13.0. The van der Waals surface area contributed by atoms with Crippen LogP contribution in [0.2, 0.25) is 0 Å². The summed E-state index contributed by atoms with van der Waals surface area (Å²) in [7, 11) is 1.74. The maximum Gasteiger partial charge on any atom is 0.236 e. The minimum Gasteiger partial charge on any atom is -0.340 e. The molecule has 0 aromatic heterocycles. The van der Waals surface area contributed by atoms with Gasteiger partial charge in [-0.15, -0.1) is 0 Å². The molecule has 0 radical (unpaired) electrons. The normalized spacial score (nSPS) is 14.6. The van der Waals surface area contributed by atoms with Crippen LogP contribution in [0.4, 0.5) is 4.39 Å². The minimum atomic E-state index is -0.264. The quantitative estimate of drug-likeness (QED) is 0.834. The van der Waals surface area contributed by atoms with E-state index in [1.165, 1.54) is 25.0 Å². The monoisotopic (exact) mass is 250 g/mol. The molecule has 1 aromatic rings. The van der Waals surface area contributed by atoms with E-state index in [9.17, 15) is 9.18 Å². The maximum atomic E-state index is 13.0. The number of amides is 1. The molecule has 0 spiro atoms. The second-order valence-electron chi connectivity index (χ2n) is 4.95. The van der Waals surface area contributed by atoms with Gasteiger partial charge in [-0.1, -0.05) is 12.1 Å². The van der Waals surface area contributed by atoms with Crippen LogP contribution in [-0.2, 0) is 11.3 Å². The van der Waals surface area contributed by atoms with Gasteiger partial charge in [0, 0.05) is 13.6 Å². The lowest BCUT2D eigenvalue weighted by Crippen LogP contribution is -2.35. The molecule has 0 aliphatic heterocycles. The van der Waals surface area contributed by atoms with Crippen molar-refractivity contribution in [1.82, 2.24) is 10.2 Å². The highest BCUT2D eigenvalue weighted by Crippen LogP contribution is 2.27. The van der Waals surface area contributed by atoms with Gasteiger partial charge in [0.25, 0.3) is 0 Å². The Hall–Kier alpha value is -1.42. The number of carbonyl (C=O) groups excluding carboxylic acids is 1. The van der Waals surface area contributed by atoms with Crippen molar-refractivity contribution < 1.29 is 9.18 Å². The number of hydrogen-bond donors (Lipinski definition) is 1. The number of benzene rings is 1. The molecule has 0 heterocycles. The van der Waals surface area contributed by atoms with Crippen molar-refractivity contribution in [3.05, 3.63) is 35.6 Å². The standard InChI is InChI=1S/C14H19FN2O/c1-17(10-12-3-2-4-13(15)7-12)14(18)9-16-8-11-5-6-11/h2-4,7,11,16H,5-6,8-10H2,1H3. The minimum absolute atomic E-state index is 0.0416. The van der Waals surface area contributed by atoms with Gasteiger partial charge in [-0.05, 0) is 43.0 Å². The third-order valence-corrected chi connectivity index (χ3v) is 3.14. The molecule has 98 valence electrons. The second-order valence-corrected chi connectivity index (χ2v) is 4.95. The van der Waals surface area contributed by atoms with Gasteiger partial charge in [0.2, 0.25) is 5.91 Å². The van der Waals surface area contributed by atoms with Gasteiger partial charge in [-0.2, -0.15) is 0 Å². The molecule has 1 saturated carbocycles. The van der Waals surface area contributed by atoms with Crippen molar-refractivity contribution in [2.45, 2.75) is 19.4 Å². The molecule has 0 bridgehead atoms. The molecule has 4 heteroatoms. The molecule has 1 aliphatic rings. The van der Waals surface area contributed by atoms with Crippen molar-refractivity contribution in [3.8, 4) is 0 Å². The summed E-state index contributed by atoms with van der Waals surface area (Å²) in [6.45, 7) is 1.74. The van der Waals surface area contributed by atoms with Gasteiger partial charge in [-0.25, -0.2) is 4.39 Å². The first-order chi connectivity index (χ1) is 8.65. The van der Waals surface area contributed by atoms with Crippen LogP contribution in [0.15, 0.2) is 24.3 Å². The number of likely N-dealkylation sites (N-methyl/N-ethyl adjacent to an activating group) is 1. The summed E-state index contributed by atoms with van der Waals surface area (Å²) < 4.78 is 13.0. The molecule has 1 aromatic carbocycles. The Morgan fingerprint density at radius 3 is 2.94 bits per heavy atom. The van der Waals surface area contributed by atoms with Crippen LogP contribution >= 0.6 is 0 Å². The van der Waals surface area contributed by atoms with E-state index in [1.54, 1.807) is 18.0 Å². The highest BCUT2D eigenvalue weighted by atomic mass is 19.1. The molecular weight excluding hydrogens is 231 g/mol. The molecular formula is C14H19FN2O. The summed E-state index contributed by atoms with van der Waals surface area (Å²) in [4.78, 5) is 13.4. The van der Waals surface area contributed by atoms with Crippen molar-refractivity contribution >= 4 is 5.91 Å². The molecule has 0 atom stereocenters. The molecule has 1 aliphatic carbocycles. The molecule has 2 rings (SSSR count). The van der Waals surface area contributed by atoms with E-state index in [0.29, 0.717) is 13.1 Å². The summed E-state index contributed by atoms with van der Waals surface area (Å²) in [5, 5.41) is 3.16. The number of nitrogens with one attached hydrogen (secondary N) is 1. The van der Waals surface area contributed by atoms with Crippen molar-refractivity contribution in [2.24, 2.45) is 5.92 Å². The zero-order chi connectivity index (χ0) is 13.0. The largest absolute Gasteiger partial charge is 0.340 e. The van der Waals surface area contributed by atoms with Crippen LogP contribution in [0.25, 0.3) is 0 Å². The van der Waals surface area contributed by atoms with Crippen LogP contribution in [0, 0.1) is 11.7 Å². The molecule has 1 fully saturated rings. The number of carbonyl (C=O) groups is 1. The van der Waals surface area contributed by atoms with Gasteiger partial charge in [0.05, 0.1) is 6.54 Å². The van der Waals surface area contributed by atoms with Crippen molar-refractivity contribution in [3.63, 3.8) is 0 Å². The molecule has 0 saturated heterocycles. The summed E-state index contributed by atoms with van der Waals surface area (Å²) in [5.41, 5.74) is 0.813. The fraction of sp³-hybridized carbons (Fsp3) is 0.500. The van der Waals surface area contributed by atoms with Gasteiger partial charge >= 0.3 is 0 Å². The fourth-order valence-corrected chi connectivity index (χ4v) is 1.84. The highest BCUT2D eigenvalue weighted by molar-refractivity contribution is 5.77.